The number of fused-ring (bicyclic) bond motifs is 8. The molecule has 3 aromatic heterocycles. The van der Waals surface area contributed by atoms with Gasteiger partial charge in [0.1, 0.15) is 5.75 Å². The van der Waals surface area contributed by atoms with Gasteiger partial charge < -0.3 is 14.7 Å². The monoisotopic (exact) mass is 739 g/mol. The van der Waals surface area contributed by atoms with Gasteiger partial charge >= 0.3 is 0 Å². The van der Waals surface area contributed by atoms with Gasteiger partial charge in [-0.1, -0.05) is 78.9 Å². The fourth-order valence-electron chi connectivity index (χ4n) is 8.32. The molecule has 0 spiro atoms. The van der Waals surface area contributed by atoms with Crippen LogP contribution < -0.4 is 4.74 Å². The number of unbranched alkanes of at least 4 members (excludes halogenated alkanes) is 5. The molecule has 8 bridgehead atoms. The van der Waals surface area contributed by atoms with Gasteiger partial charge in [-0.2, -0.15) is 0 Å². The van der Waals surface area contributed by atoms with Crippen molar-refractivity contribution in [2.75, 3.05) is 6.61 Å². The first-order chi connectivity index (χ1) is 26.7. The van der Waals surface area contributed by atoms with Crippen molar-refractivity contribution >= 4 is 44.4 Å². The van der Waals surface area contributed by atoms with Gasteiger partial charge in [0.25, 0.3) is 0 Å². The Morgan fingerprint density at radius 2 is 0.945 bits per heavy atom. The smallest absolute Gasteiger partial charge is 0.119 e. The van der Waals surface area contributed by atoms with Crippen molar-refractivity contribution in [2.45, 2.75) is 152 Å². The van der Waals surface area contributed by atoms with Gasteiger partial charge in [-0.25, -0.2) is 9.97 Å². The van der Waals surface area contributed by atoms with Crippen LogP contribution in [0.2, 0.25) is 0 Å². The zero-order chi connectivity index (χ0) is 39.1. The van der Waals surface area contributed by atoms with Crippen LogP contribution in [0.5, 0.6) is 5.75 Å². The number of aromatic amines is 2. The fourth-order valence-corrected chi connectivity index (χ4v) is 8.32. The van der Waals surface area contributed by atoms with E-state index in [1.54, 1.807) is 0 Å². The Bertz CT molecular complexity index is 2080. The van der Waals surface area contributed by atoms with E-state index in [9.17, 15) is 0 Å². The highest BCUT2D eigenvalue weighted by Crippen LogP contribution is 2.45. The van der Waals surface area contributed by atoms with Gasteiger partial charge in [0.15, 0.2) is 0 Å². The Morgan fingerprint density at radius 3 is 1.38 bits per heavy atom. The zero-order valence-corrected chi connectivity index (χ0v) is 35.5. The van der Waals surface area contributed by atoms with Gasteiger partial charge in [-0.15, -0.1) is 0 Å². The Labute approximate surface area is 331 Å². The minimum Gasteiger partial charge on any atom is -0.494 e. The lowest BCUT2D eigenvalue weighted by molar-refractivity contribution is 0.309. The number of nitrogens with one attached hydrogen (secondary N) is 2. The van der Waals surface area contributed by atoms with Gasteiger partial charge in [-0.05, 0) is 166 Å². The molecule has 55 heavy (non-hydrogen) atoms. The number of aryl methyl sites for hydroxylation is 4. The number of aromatic nitrogens is 4. The van der Waals surface area contributed by atoms with Crippen LogP contribution in [0.25, 0.3) is 55.5 Å². The largest absolute Gasteiger partial charge is 0.494 e. The molecule has 6 rings (SSSR count). The van der Waals surface area contributed by atoms with E-state index in [0.29, 0.717) is 0 Å². The summed E-state index contributed by atoms with van der Waals surface area (Å²) in [6.45, 7) is 21.3. The molecule has 0 radical (unpaired) electrons. The van der Waals surface area contributed by atoms with Crippen molar-refractivity contribution in [3.63, 3.8) is 0 Å². The molecule has 0 saturated heterocycles. The topological polar surface area (TPSA) is 66.6 Å². The third-order valence-corrected chi connectivity index (χ3v) is 12.0. The molecule has 0 unspecified atom stereocenters. The minimum absolute atomic E-state index is 0.734. The number of nitrogens with zero attached hydrogens (tertiary/aromatic N) is 2. The summed E-state index contributed by atoms with van der Waals surface area (Å²) < 4.78 is 6.15. The van der Waals surface area contributed by atoms with Crippen LogP contribution in [-0.2, 0) is 12.8 Å². The number of allylic oxidation sites excluding steroid dienone is 4. The van der Waals surface area contributed by atoms with Crippen molar-refractivity contribution < 1.29 is 4.74 Å². The lowest BCUT2D eigenvalue weighted by Gasteiger charge is -2.14. The maximum absolute atomic E-state index is 6.15. The highest BCUT2D eigenvalue weighted by atomic mass is 16.5. The van der Waals surface area contributed by atoms with Gasteiger partial charge in [0.05, 0.1) is 29.4 Å². The molecule has 0 fully saturated rings. The molecule has 0 aliphatic carbocycles. The Kier molecular flexibility index (Phi) is 13.6. The molecular weight excluding hydrogens is 673 g/mol. The Hall–Kier alpha value is -4.38. The molecule has 1 aromatic carbocycles. The average molecular weight is 739 g/mol. The summed E-state index contributed by atoms with van der Waals surface area (Å²) in [4.78, 5) is 19.2. The standard InChI is InChI=1S/C50H66N4O/c1-10-15-20-38-32(6)42-29-44-34(8)40(22-17-12-3)49(53-44)48(36-24-26-37(27-25-36)55-28-19-14-5)50-41(23-18-13-4)35(9)45(54-50)30-43-33(7)39(21-16-11-2)47(52-43)31-46(38)51-42/h24-27,29-31,51-52H,10-23,28H2,1-9H3. The fraction of sp³-hybridized carbons (Fsp3) is 0.480. The average Bonchev–Trinajstić information content (AvgIpc) is 3.85. The Balaban J connectivity index is 1.78. The van der Waals surface area contributed by atoms with Gasteiger partial charge in [0.2, 0.25) is 0 Å². The zero-order valence-electron chi connectivity index (χ0n) is 35.5. The summed E-state index contributed by atoms with van der Waals surface area (Å²) in [5, 5.41) is 0. The summed E-state index contributed by atoms with van der Waals surface area (Å²) in [6.07, 6.45) is 15.4. The van der Waals surface area contributed by atoms with Crippen molar-refractivity contribution in [1.29, 1.82) is 0 Å². The van der Waals surface area contributed by atoms with E-state index < -0.39 is 0 Å². The minimum atomic E-state index is 0.734. The first-order valence-electron chi connectivity index (χ1n) is 21.6. The van der Waals surface area contributed by atoms with Crippen molar-refractivity contribution in [3.8, 4) is 16.9 Å². The third-order valence-electron chi connectivity index (χ3n) is 12.0. The SMILES string of the molecule is CCCCOc1ccc(-c2c3nc(cc4[nH]c(cc5[nH]c(cc6nc2C(CCCC)=C6C)c(C)c5CCCC)c(CCCC)c4C)C(C)=C3CCCC)cc1. The number of benzene rings is 1. The third kappa shape index (κ3) is 8.56. The van der Waals surface area contributed by atoms with Gasteiger partial charge in [-0.3, -0.25) is 0 Å². The second-order valence-electron chi connectivity index (χ2n) is 16.0. The molecule has 5 heteroatoms. The summed E-state index contributed by atoms with van der Waals surface area (Å²) in [5.74, 6) is 0.912. The summed E-state index contributed by atoms with van der Waals surface area (Å²) in [7, 11) is 0. The van der Waals surface area contributed by atoms with Crippen LogP contribution in [-0.4, -0.2) is 26.5 Å². The van der Waals surface area contributed by atoms with Crippen LogP contribution >= 0.6 is 0 Å². The van der Waals surface area contributed by atoms with Crippen molar-refractivity contribution in [1.82, 2.24) is 19.9 Å². The van der Waals surface area contributed by atoms with Gasteiger partial charge in [0, 0.05) is 27.6 Å². The molecule has 4 aromatic rings. The summed E-state index contributed by atoms with van der Waals surface area (Å²) >= 11 is 0. The molecule has 0 saturated carbocycles. The normalized spacial score (nSPS) is 13.0. The van der Waals surface area contributed by atoms with E-state index in [2.05, 4.69) is 115 Å². The van der Waals surface area contributed by atoms with E-state index in [1.165, 1.54) is 55.6 Å². The quantitative estimate of drug-likeness (QED) is 0.106. The lowest BCUT2D eigenvalue weighted by Crippen LogP contribution is -1.98. The molecule has 2 N–H and O–H groups in total. The van der Waals surface area contributed by atoms with E-state index in [-0.39, 0.29) is 0 Å². The molecule has 2 aliphatic rings. The van der Waals surface area contributed by atoms with Crippen LogP contribution in [0.1, 0.15) is 171 Å². The van der Waals surface area contributed by atoms with Crippen LogP contribution in [0.3, 0.4) is 0 Å². The van der Waals surface area contributed by atoms with Crippen molar-refractivity contribution in [2.24, 2.45) is 0 Å². The number of ether oxygens (including phenoxy) is 1. The molecular formula is C50H66N4O. The highest BCUT2D eigenvalue weighted by Gasteiger charge is 2.27. The number of hydrogen-bond acceptors (Lipinski definition) is 3. The Morgan fingerprint density at radius 1 is 0.509 bits per heavy atom. The molecule has 0 amide bonds. The second kappa shape index (κ2) is 18.5. The van der Waals surface area contributed by atoms with E-state index >= 15 is 0 Å². The predicted molar refractivity (Wildman–Crippen MR) is 238 cm³/mol. The predicted octanol–water partition coefficient (Wildman–Crippen LogP) is 14.7. The highest BCUT2D eigenvalue weighted by molar-refractivity contribution is 6.02. The summed E-state index contributed by atoms with van der Waals surface area (Å²) in [6, 6.07) is 15.8. The van der Waals surface area contributed by atoms with Crippen LogP contribution in [0.4, 0.5) is 0 Å². The molecule has 5 heterocycles. The van der Waals surface area contributed by atoms with Crippen LogP contribution in [0, 0.1) is 13.8 Å². The number of rotatable bonds is 17. The van der Waals surface area contributed by atoms with E-state index in [4.69, 9.17) is 14.7 Å². The van der Waals surface area contributed by atoms with Crippen molar-refractivity contribution in [3.05, 3.63) is 87.5 Å². The maximum Gasteiger partial charge on any atom is 0.119 e. The lowest BCUT2D eigenvalue weighted by atomic mass is 9.90. The molecule has 292 valence electrons. The first-order valence-corrected chi connectivity index (χ1v) is 21.6. The molecule has 0 atom stereocenters. The van der Waals surface area contributed by atoms with Crippen LogP contribution in [0.15, 0.2) is 42.5 Å². The summed E-state index contributed by atoms with van der Waals surface area (Å²) in [5.41, 5.74) is 22.0. The first kappa shape index (κ1) is 40.3. The maximum atomic E-state index is 6.15. The van der Waals surface area contributed by atoms with E-state index in [0.717, 1.165) is 147 Å². The van der Waals surface area contributed by atoms with E-state index in [1.807, 2.05) is 0 Å². The number of hydrogen-bond donors (Lipinski definition) is 2. The molecule has 2 aliphatic heterocycles. The number of H-pyrrole nitrogens is 2. The second-order valence-corrected chi connectivity index (χ2v) is 16.0. The molecule has 5 nitrogen and oxygen atoms in total.